The quantitative estimate of drug-likeness (QED) is 0.696. The molecule has 2 aromatic rings. The van der Waals surface area contributed by atoms with Gasteiger partial charge in [-0.1, -0.05) is 19.1 Å². The van der Waals surface area contributed by atoms with Crippen LogP contribution in [0.2, 0.25) is 0 Å². The fraction of sp³-hybridized carbons (Fsp3) is 0.267. The number of hydrogen-bond acceptors (Lipinski definition) is 2. The van der Waals surface area contributed by atoms with E-state index in [1.54, 1.807) is 6.07 Å². The highest BCUT2D eigenvalue weighted by Crippen LogP contribution is 2.35. The van der Waals surface area contributed by atoms with Gasteiger partial charge in [-0.05, 0) is 36.6 Å². The van der Waals surface area contributed by atoms with Crippen molar-refractivity contribution in [2.75, 3.05) is 0 Å². The molecule has 0 radical (unpaired) electrons. The van der Waals surface area contributed by atoms with Crippen LogP contribution in [-0.4, -0.2) is 10.1 Å². The summed E-state index contributed by atoms with van der Waals surface area (Å²) in [6.45, 7) is 4.14. The Labute approximate surface area is 101 Å². The van der Waals surface area contributed by atoms with Gasteiger partial charge in [-0.3, -0.25) is 4.98 Å². The molecule has 0 amide bonds. The second-order valence-electron chi connectivity index (χ2n) is 4.72. The maximum Gasteiger partial charge on any atom is 0.119 e. The number of allylic oxidation sites excluding steroid dienone is 2. The zero-order valence-electron chi connectivity index (χ0n) is 10.1. The maximum absolute atomic E-state index is 9.84. The molecule has 0 aliphatic heterocycles. The molecule has 1 atom stereocenters. The minimum absolute atomic E-state index is 0.356. The Morgan fingerprint density at radius 1 is 1.35 bits per heavy atom. The molecule has 1 heterocycles. The summed E-state index contributed by atoms with van der Waals surface area (Å²) < 4.78 is 0. The maximum atomic E-state index is 9.84. The van der Waals surface area contributed by atoms with E-state index in [1.165, 1.54) is 11.1 Å². The number of rotatable bonds is 0. The van der Waals surface area contributed by atoms with Crippen LogP contribution in [0.4, 0.5) is 0 Å². The van der Waals surface area contributed by atoms with Crippen molar-refractivity contribution in [3.8, 4) is 5.75 Å². The number of nitrogens with zero attached hydrogens (tertiary/aromatic N) is 1. The highest BCUT2D eigenvalue weighted by molar-refractivity contribution is 5.88. The number of fused-ring (bicyclic) bond motifs is 3. The molecule has 0 bridgehead atoms. The number of phenols is 1. The summed E-state index contributed by atoms with van der Waals surface area (Å²) >= 11 is 0. The zero-order chi connectivity index (χ0) is 12.0. The SMILES string of the molecule is Cc1c(O)ccc2ncc3c(c12)CC=CC3C. The van der Waals surface area contributed by atoms with Gasteiger partial charge in [0, 0.05) is 23.1 Å². The van der Waals surface area contributed by atoms with Gasteiger partial charge in [0.05, 0.1) is 5.52 Å². The van der Waals surface area contributed by atoms with E-state index in [1.807, 2.05) is 19.2 Å². The monoisotopic (exact) mass is 225 g/mol. The number of aryl methyl sites for hydroxylation is 1. The van der Waals surface area contributed by atoms with Crippen molar-refractivity contribution in [2.24, 2.45) is 0 Å². The summed E-state index contributed by atoms with van der Waals surface area (Å²) in [5.41, 5.74) is 4.52. The van der Waals surface area contributed by atoms with Crippen molar-refractivity contribution >= 4 is 10.9 Å². The Morgan fingerprint density at radius 2 is 2.18 bits per heavy atom. The number of aromatic hydroxyl groups is 1. The predicted molar refractivity (Wildman–Crippen MR) is 69.4 cm³/mol. The van der Waals surface area contributed by atoms with E-state index in [0.717, 1.165) is 22.9 Å². The van der Waals surface area contributed by atoms with Gasteiger partial charge in [0.15, 0.2) is 0 Å². The molecule has 1 aliphatic carbocycles. The summed E-state index contributed by atoms with van der Waals surface area (Å²) in [5, 5.41) is 11.0. The van der Waals surface area contributed by atoms with Gasteiger partial charge < -0.3 is 5.11 Å². The van der Waals surface area contributed by atoms with Crippen LogP contribution in [0.15, 0.2) is 30.5 Å². The fourth-order valence-electron chi connectivity index (χ4n) is 2.64. The minimum atomic E-state index is 0.356. The Balaban J connectivity index is 2.42. The Hall–Kier alpha value is -1.83. The highest BCUT2D eigenvalue weighted by Gasteiger charge is 2.17. The summed E-state index contributed by atoms with van der Waals surface area (Å²) in [7, 11) is 0. The molecule has 86 valence electrons. The van der Waals surface area contributed by atoms with Crippen LogP contribution < -0.4 is 0 Å². The third kappa shape index (κ3) is 1.44. The van der Waals surface area contributed by atoms with Crippen LogP contribution in [0.5, 0.6) is 5.75 Å². The van der Waals surface area contributed by atoms with E-state index < -0.39 is 0 Å². The van der Waals surface area contributed by atoms with Gasteiger partial charge in [-0.2, -0.15) is 0 Å². The smallest absolute Gasteiger partial charge is 0.119 e. The number of phenolic OH excluding ortho intramolecular Hbond substituents is 1. The normalized spacial score (nSPS) is 18.4. The molecule has 0 saturated carbocycles. The van der Waals surface area contributed by atoms with Crippen LogP contribution in [0.25, 0.3) is 10.9 Å². The standard InChI is InChI=1S/C15H15NO/c1-9-4-3-5-11-12(9)8-16-13-6-7-14(17)10(2)15(11)13/h3-4,6-9,17H,5H2,1-2H3. The molecule has 0 fully saturated rings. The van der Waals surface area contributed by atoms with Gasteiger partial charge >= 0.3 is 0 Å². The molecule has 1 N–H and O–H groups in total. The number of benzene rings is 1. The largest absolute Gasteiger partial charge is 0.508 e. The number of aromatic nitrogens is 1. The zero-order valence-corrected chi connectivity index (χ0v) is 10.1. The predicted octanol–water partition coefficient (Wildman–Crippen LogP) is 3.46. The Morgan fingerprint density at radius 3 is 3.00 bits per heavy atom. The molecule has 1 aromatic carbocycles. The van der Waals surface area contributed by atoms with E-state index in [0.29, 0.717) is 11.7 Å². The molecule has 0 saturated heterocycles. The lowest BCUT2D eigenvalue weighted by molar-refractivity contribution is 0.472. The van der Waals surface area contributed by atoms with E-state index in [9.17, 15) is 5.11 Å². The average molecular weight is 225 g/mol. The molecule has 1 aromatic heterocycles. The van der Waals surface area contributed by atoms with Crippen molar-refractivity contribution < 1.29 is 5.11 Å². The third-order valence-electron chi connectivity index (χ3n) is 3.64. The lowest BCUT2D eigenvalue weighted by Gasteiger charge is -2.20. The molecular formula is C15H15NO. The summed E-state index contributed by atoms with van der Waals surface area (Å²) in [5.74, 6) is 0.771. The molecule has 1 unspecified atom stereocenters. The van der Waals surface area contributed by atoms with Crippen molar-refractivity contribution in [1.29, 1.82) is 0 Å². The van der Waals surface area contributed by atoms with Crippen molar-refractivity contribution in [1.82, 2.24) is 4.98 Å². The van der Waals surface area contributed by atoms with Gasteiger partial charge in [0.1, 0.15) is 5.75 Å². The number of hydrogen-bond donors (Lipinski definition) is 1. The van der Waals surface area contributed by atoms with Crippen LogP contribution in [0.3, 0.4) is 0 Å². The fourth-order valence-corrected chi connectivity index (χ4v) is 2.64. The molecule has 0 spiro atoms. The molecule has 1 aliphatic rings. The average Bonchev–Trinajstić information content (AvgIpc) is 2.34. The molecule has 3 rings (SSSR count). The van der Waals surface area contributed by atoms with Gasteiger partial charge in [-0.15, -0.1) is 0 Å². The topological polar surface area (TPSA) is 33.1 Å². The first-order valence-electron chi connectivity index (χ1n) is 5.95. The molecule has 2 heteroatoms. The lowest BCUT2D eigenvalue weighted by atomic mass is 9.87. The Kier molecular flexibility index (Phi) is 2.18. The second kappa shape index (κ2) is 3.59. The van der Waals surface area contributed by atoms with Crippen LogP contribution in [0.1, 0.15) is 29.5 Å². The van der Waals surface area contributed by atoms with Gasteiger partial charge in [0.2, 0.25) is 0 Å². The highest BCUT2D eigenvalue weighted by atomic mass is 16.3. The lowest BCUT2D eigenvalue weighted by Crippen LogP contribution is -2.04. The second-order valence-corrected chi connectivity index (χ2v) is 4.72. The first kappa shape index (κ1) is 10.3. The van der Waals surface area contributed by atoms with Crippen LogP contribution in [0, 0.1) is 6.92 Å². The first-order valence-corrected chi connectivity index (χ1v) is 5.95. The van der Waals surface area contributed by atoms with E-state index in [-0.39, 0.29) is 0 Å². The molecular weight excluding hydrogens is 210 g/mol. The number of pyridine rings is 1. The van der Waals surface area contributed by atoms with E-state index >= 15 is 0 Å². The summed E-state index contributed by atoms with van der Waals surface area (Å²) in [4.78, 5) is 4.50. The molecule has 17 heavy (non-hydrogen) atoms. The molecule has 2 nitrogen and oxygen atoms in total. The minimum Gasteiger partial charge on any atom is -0.508 e. The summed E-state index contributed by atoms with van der Waals surface area (Å²) in [6, 6.07) is 3.61. The first-order chi connectivity index (χ1) is 8.18. The van der Waals surface area contributed by atoms with Crippen molar-refractivity contribution in [2.45, 2.75) is 26.2 Å². The van der Waals surface area contributed by atoms with Crippen LogP contribution in [-0.2, 0) is 6.42 Å². The third-order valence-corrected chi connectivity index (χ3v) is 3.64. The van der Waals surface area contributed by atoms with Gasteiger partial charge in [-0.25, -0.2) is 0 Å². The van der Waals surface area contributed by atoms with Crippen molar-refractivity contribution in [3.05, 3.63) is 47.2 Å². The van der Waals surface area contributed by atoms with Gasteiger partial charge in [0.25, 0.3) is 0 Å². The summed E-state index contributed by atoms with van der Waals surface area (Å²) in [6.07, 6.45) is 7.33. The van der Waals surface area contributed by atoms with E-state index in [2.05, 4.69) is 24.1 Å². The van der Waals surface area contributed by atoms with Crippen LogP contribution >= 0.6 is 0 Å². The van der Waals surface area contributed by atoms with E-state index in [4.69, 9.17) is 0 Å². The Bertz CT molecular complexity index is 628. The van der Waals surface area contributed by atoms with Crippen molar-refractivity contribution in [3.63, 3.8) is 0 Å².